The molecule has 0 amide bonds. The van der Waals surface area contributed by atoms with Crippen molar-refractivity contribution in [2.24, 2.45) is 0 Å². The molecule has 41 heavy (non-hydrogen) atoms. The molecule has 6 heteroatoms. The maximum absolute atomic E-state index is 15.6. The van der Waals surface area contributed by atoms with E-state index in [4.69, 9.17) is 15.0 Å². The lowest BCUT2D eigenvalue weighted by Crippen LogP contribution is -2.33. The Morgan fingerprint density at radius 1 is 0.610 bits per heavy atom. The van der Waals surface area contributed by atoms with Gasteiger partial charge in [0.15, 0.2) is 7.14 Å². The highest BCUT2D eigenvalue weighted by Gasteiger charge is 2.40. The number of aryl methyl sites for hydroxylation is 1. The topological polar surface area (TPSA) is 60.7 Å². The van der Waals surface area contributed by atoms with E-state index in [1.54, 1.807) is 0 Å². The van der Waals surface area contributed by atoms with E-state index in [9.17, 15) is 0 Å². The van der Waals surface area contributed by atoms with Crippen molar-refractivity contribution in [1.82, 2.24) is 19.5 Å². The number of benzene rings is 5. The van der Waals surface area contributed by atoms with Crippen molar-refractivity contribution >= 4 is 45.1 Å². The van der Waals surface area contributed by atoms with E-state index < -0.39 is 7.14 Å². The fourth-order valence-electron chi connectivity index (χ4n) is 6.07. The van der Waals surface area contributed by atoms with Gasteiger partial charge in [0.2, 0.25) is 0 Å². The summed E-state index contributed by atoms with van der Waals surface area (Å²) in [6, 6.07) is 40.1. The first-order chi connectivity index (χ1) is 20.2. The highest BCUT2D eigenvalue weighted by Crippen LogP contribution is 2.50. The van der Waals surface area contributed by atoms with Gasteiger partial charge >= 0.3 is 0 Å². The average Bonchev–Trinajstić information content (AvgIpc) is 3.42. The molecule has 1 atom stereocenters. The zero-order valence-electron chi connectivity index (χ0n) is 22.4. The molecule has 1 aliphatic heterocycles. The first-order valence-electron chi connectivity index (χ1n) is 13.8. The molecule has 0 saturated heterocycles. The minimum Gasteiger partial charge on any atom is -0.308 e. The van der Waals surface area contributed by atoms with Gasteiger partial charge in [0, 0.05) is 33.5 Å². The molecule has 0 N–H and O–H groups in total. The number of nitrogens with zero attached hydrogens (tertiary/aromatic N) is 4. The van der Waals surface area contributed by atoms with Gasteiger partial charge < -0.3 is 4.57 Å². The van der Waals surface area contributed by atoms with Crippen LogP contribution in [0, 0.1) is 0 Å². The summed E-state index contributed by atoms with van der Waals surface area (Å²) >= 11 is 0. The zero-order chi connectivity index (χ0) is 27.6. The quantitative estimate of drug-likeness (QED) is 0.227. The monoisotopic (exact) mass is 548 g/mol. The van der Waals surface area contributed by atoms with Crippen LogP contribution < -0.4 is 15.9 Å². The van der Waals surface area contributed by atoms with Crippen molar-refractivity contribution in [1.29, 1.82) is 0 Å². The van der Waals surface area contributed by atoms with Gasteiger partial charge in [-0.05, 0) is 36.4 Å². The minimum atomic E-state index is -3.25. The SMILES string of the molecule is CCc1nc2cc(-c3nc4ccccc4nc3-c3ccccc3)cc3c2n1-c1ccccc1P3(=O)c1ccccc1. The molecule has 0 fully saturated rings. The highest BCUT2D eigenvalue weighted by atomic mass is 31.2. The lowest BCUT2D eigenvalue weighted by atomic mass is 10.0. The molecule has 3 heterocycles. The summed E-state index contributed by atoms with van der Waals surface area (Å²) in [6.07, 6.45) is 0.748. The molecular formula is C35H25N4OP. The zero-order valence-corrected chi connectivity index (χ0v) is 23.3. The Labute approximate surface area is 237 Å². The molecule has 0 saturated carbocycles. The smallest absolute Gasteiger partial charge is 0.175 e. The maximum atomic E-state index is 15.6. The Morgan fingerprint density at radius 2 is 1.22 bits per heavy atom. The molecular weight excluding hydrogens is 523 g/mol. The number of rotatable bonds is 4. The molecule has 8 rings (SSSR count). The molecule has 5 aromatic carbocycles. The molecule has 5 nitrogen and oxygen atoms in total. The van der Waals surface area contributed by atoms with Crippen molar-refractivity contribution in [2.75, 3.05) is 0 Å². The van der Waals surface area contributed by atoms with Gasteiger partial charge in [-0.25, -0.2) is 15.0 Å². The van der Waals surface area contributed by atoms with Crippen LogP contribution >= 0.6 is 7.14 Å². The second-order valence-electron chi connectivity index (χ2n) is 10.3. The minimum absolute atomic E-state index is 0.748. The second-order valence-corrected chi connectivity index (χ2v) is 13.0. The van der Waals surface area contributed by atoms with E-state index in [1.807, 2.05) is 91.0 Å². The summed E-state index contributed by atoms with van der Waals surface area (Å²) in [6.45, 7) is 2.11. The van der Waals surface area contributed by atoms with Gasteiger partial charge in [-0.15, -0.1) is 0 Å². The van der Waals surface area contributed by atoms with Gasteiger partial charge in [-0.2, -0.15) is 0 Å². The van der Waals surface area contributed by atoms with Crippen LogP contribution in [0.3, 0.4) is 0 Å². The van der Waals surface area contributed by atoms with Gasteiger partial charge in [-0.3, -0.25) is 4.57 Å². The van der Waals surface area contributed by atoms with Crippen LogP contribution in [0.1, 0.15) is 12.7 Å². The van der Waals surface area contributed by atoms with Crippen LogP contribution in [0.5, 0.6) is 0 Å². The predicted molar refractivity (Wildman–Crippen MR) is 167 cm³/mol. The first kappa shape index (κ1) is 24.0. The Hall–Kier alpha value is -4.86. The molecule has 1 aliphatic rings. The Balaban J connectivity index is 1.51. The number of fused-ring (bicyclic) bond motifs is 3. The van der Waals surface area contributed by atoms with E-state index in [0.717, 1.165) is 78.4 Å². The number of imidazole rings is 1. The van der Waals surface area contributed by atoms with Crippen LogP contribution in [0.4, 0.5) is 0 Å². The van der Waals surface area contributed by atoms with Crippen molar-refractivity contribution in [3.8, 4) is 28.2 Å². The van der Waals surface area contributed by atoms with Crippen molar-refractivity contribution in [3.63, 3.8) is 0 Å². The molecule has 2 aromatic heterocycles. The van der Waals surface area contributed by atoms with Gasteiger partial charge in [0.1, 0.15) is 5.82 Å². The summed E-state index contributed by atoms with van der Waals surface area (Å²) < 4.78 is 17.8. The normalized spacial score (nSPS) is 15.7. The third kappa shape index (κ3) is 3.49. The molecule has 196 valence electrons. The van der Waals surface area contributed by atoms with Gasteiger partial charge in [0.05, 0.1) is 39.1 Å². The summed E-state index contributed by atoms with van der Waals surface area (Å²) in [7, 11) is -3.25. The summed E-state index contributed by atoms with van der Waals surface area (Å²) in [4.78, 5) is 15.3. The number of hydrogen-bond acceptors (Lipinski definition) is 4. The maximum Gasteiger partial charge on any atom is 0.175 e. The number of hydrogen-bond donors (Lipinski definition) is 0. The molecule has 0 radical (unpaired) electrons. The lowest BCUT2D eigenvalue weighted by Gasteiger charge is -2.29. The molecule has 0 aliphatic carbocycles. The molecule has 1 unspecified atom stereocenters. The summed E-state index contributed by atoms with van der Waals surface area (Å²) in [5, 5.41) is 2.43. The van der Waals surface area contributed by atoms with Crippen LogP contribution in [0.2, 0.25) is 0 Å². The van der Waals surface area contributed by atoms with E-state index in [2.05, 4.69) is 41.8 Å². The number of para-hydroxylation sites is 3. The van der Waals surface area contributed by atoms with Gasteiger partial charge in [-0.1, -0.05) is 91.9 Å². The van der Waals surface area contributed by atoms with Crippen molar-refractivity contribution < 1.29 is 4.57 Å². The van der Waals surface area contributed by atoms with E-state index in [-0.39, 0.29) is 0 Å². The fraction of sp³-hybridized carbons (Fsp3) is 0.0571. The predicted octanol–water partition coefficient (Wildman–Crippen LogP) is 6.82. The van der Waals surface area contributed by atoms with E-state index in [1.165, 1.54) is 0 Å². The van der Waals surface area contributed by atoms with Crippen LogP contribution in [0.15, 0.2) is 121 Å². The average molecular weight is 549 g/mol. The Bertz CT molecular complexity index is 2170. The third-order valence-corrected chi connectivity index (χ3v) is 11.0. The van der Waals surface area contributed by atoms with Crippen LogP contribution in [0.25, 0.3) is 50.3 Å². The molecule has 0 bridgehead atoms. The van der Waals surface area contributed by atoms with Gasteiger partial charge in [0.25, 0.3) is 0 Å². The second kappa shape index (κ2) is 9.09. The van der Waals surface area contributed by atoms with E-state index in [0.29, 0.717) is 0 Å². The highest BCUT2D eigenvalue weighted by molar-refractivity contribution is 7.86. The molecule has 0 spiro atoms. The van der Waals surface area contributed by atoms with Crippen molar-refractivity contribution in [2.45, 2.75) is 13.3 Å². The first-order valence-corrected chi connectivity index (χ1v) is 15.5. The van der Waals surface area contributed by atoms with Crippen molar-refractivity contribution in [3.05, 3.63) is 127 Å². The summed E-state index contributed by atoms with van der Waals surface area (Å²) in [5.74, 6) is 0.943. The Kier molecular flexibility index (Phi) is 5.31. The summed E-state index contributed by atoms with van der Waals surface area (Å²) in [5.41, 5.74) is 7.68. The Morgan fingerprint density at radius 3 is 1.93 bits per heavy atom. The standard InChI is InChI=1S/C35H25N4OP/c1-2-32-36-28-21-24(34-33(23-13-5-3-6-14-23)37-26-17-9-10-18-27(26)38-34)22-31-35(28)39(32)29-19-11-12-20-30(29)41(31,40)25-15-7-4-8-16-25/h3-22H,2H2,1H3. The largest absolute Gasteiger partial charge is 0.308 e. The molecule has 7 aromatic rings. The van der Waals surface area contributed by atoms with Crippen LogP contribution in [-0.4, -0.2) is 19.5 Å². The third-order valence-electron chi connectivity index (χ3n) is 7.93. The fourth-order valence-corrected chi connectivity index (χ4v) is 9.11. The number of aromatic nitrogens is 4. The van der Waals surface area contributed by atoms with E-state index >= 15 is 4.57 Å². The lowest BCUT2D eigenvalue weighted by molar-refractivity contribution is 0.592. The van der Waals surface area contributed by atoms with Crippen LogP contribution in [-0.2, 0) is 11.0 Å².